The molecular formula is C10H18N2O6. The number of unbranched alkanes of at least 4 members (excludes halogenated alkanes) is 1. The number of nitrogens with zero attached hydrogens (tertiary/aromatic N) is 1. The number of hydrogen-bond donors (Lipinski definition) is 2. The average molecular weight is 262 g/mol. The lowest BCUT2D eigenvalue weighted by Crippen LogP contribution is -2.48. The Morgan fingerprint density at radius 3 is 2.00 bits per heavy atom. The van der Waals surface area contributed by atoms with Crippen LogP contribution in [0.15, 0.2) is 0 Å². The smallest absolute Gasteiger partial charge is 0.419 e. The molecule has 0 fully saturated rings. The Morgan fingerprint density at radius 2 is 1.67 bits per heavy atom. The first-order valence-corrected chi connectivity index (χ1v) is 5.37. The van der Waals surface area contributed by atoms with Crippen LogP contribution in [0.2, 0.25) is 0 Å². The van der Waals surface area contributed by atoms with Crippen LogP contribution in [-0.2, 0) is 14.3 Å². The Bertz CT molecular complexity index is 291. The maximum Gasteiger partial charge on any atom is 0.419 e. The van der Waals surface area contributed by atoms with E-state index < -0.39 is 24.2 Å². The number of imide groups is 1. The highest BCUT2D eigenvalue weighted by molar-refractivity contribution is 5.93. The normalized spacial score (nSPS) is 11.5. The maximum absolute atomic E-state index is 11.4. The zero-order valence-electron chi connectivity index (χ0n) is 10.4. The summed E-state index contributed by atoms with van der Waals surface area (Å²) in [6.45, 7) is 0.406. The summed E-state index contributed by atoms with van der Waals surface area (Å²) in [7, 11) is 2.11. The van der Waals surface area contributed by atoms with Crippen LogP contribution in [-0.4, -0.2) is 55.0 Å². The molecule has 0 aliphatic rings. The van der Waals surface area contributed by atoms with Crippen molar-refractivity contribution < 1.29 is 29.0 Å². The monoisotopic (exact) mass is 262 g/mol. The number of nitrogens with two attached hydrogens (primary N) is 1. The zero-order valence-corrected chi connectivity index (χ0v) is 10.4. The van der Waals surface area contributed by atoms with Crippen LogP contribution in [0.5, 0.6) is 0 Å². The lowest BCUT2D eigenvalue weighted by atomic mass is 10.1. The number of amides is 2. The lowest BCUT2D eigenvalue weighted by molar-refractivity contribution is -0.142. The van der Waals surface area contributed by atoms with Crippen LogP contribution in [0.1, 0.15) is 19.3 Å². The summed E-state index contributed by atoms with van der Waals surface area (Å²) in [5.41, 5.74) is 5.29. The second kappa shape index (κ2) is 8.29. The number of carbonyl (C=O) groups excluding carboxylic acids is 2. The van der Waals surface area contributed by atoms with E-state index in [0.717, 1.165) is 14.2 Å². The topological polar surface area (TPSA) is 119 Å². The van der Waals surface area contributed by atoms with Gasteiger partial charge in [-0.15, -0.1) is 0 Å². The van der Waals surface area contributed by atoms with Crippen molar-refractivity contribution in [2.75, 3.05) is 20.8 Å². The molecular weight excluding hydrogens is 244 g/mol. The molecule has 0 radical (unpaired) electrons. The average Bonchev–Trinajstić information content (AvgIpc) is 2.36. The Labute approximate surface area is 105 Å². The van der Waals surface area contributed by atoms with Gasteiger partial charge in [-0.25, -0.2) is 14.4 Å². The summed E-state index contributed by atoms with van der Waals surface area (Å²) in [5.74, 6) is -1.30. The third-order valence-corrected chi connectivity index (χ3v) is 2.27. The molecule has 8 heteroatoms. The fourth-order valence-corrected chi connectivity index (χ4v) is 1.37. The van der Waals surface area contributed by atoms with E-state index in [2.05, 4.69) is 9.47 Å². The van der Waals surface area contributed by atoms with Crippen molar-refractivity contribution in [2.24, 2.45) is 5.73 Å². The molecule has 18 heavy (non-hydrogen) atoms. The number of rotatable bonds is 6. The highest BCUT2D eigenvalue weighted by Gasteiger charge is 2.36. The minimum Gasteiger partial charge on any atom is -0.480 e. The van der Waals surface area contributed by atoms with E-state index in [-0.39, 0.29) is 6.42 Å². The molecule has 0 aliphatic carbocycles. The van der Waals surface area contributed by atoms with Crippen LogP contribution in [0.25, 0.3) is 0 Å². The van der Waals surface area contributed by atoms with E-state index in [1.807, 2.05) is 0 Å². The van der Waals surface area contributed by atoms with Gasteiger partial charge < -0.3 is 20.3 Å². The lowest BCUT2D eigenvalue weighted by Gasteiger charge is -2.24. The second-order valence-electron chi connectivity index (χ2n) is 3.45. The Morgan fingerprint density at radius 1 is 1.17 bits per heavy atom. The van der Waals surface area contributed by atoms with Crippen LogP contribution in [0.3, 0.4) is 0 Å². The fourth-order valence-electron chi connectivity index (χ4n) is 1.37. The van der Waals surface area contributed by atoms with Crippen molar-refractivity contribution in [1.29, 1.82) is 0 Å². The summed E-state index contributed by atoms with van der Waals surface area (Å²) in [5, 5.41) is 9.04. The first kappa shape index (κ1) is 16.2. The second-order valence-corrected chi connectivity index (χ2v) is 3.45. The summed E-state index contributed by atoms with van der Waals surface area (Å²) in [6, 6.07) is -1.32. The van der Waals surface area contributed by atoms with Crippen LogP contribution >= 0.6 is 0 Å². The number of carbonyl (C=O) groups is 3. The SMILES string of the molecule is COC(=O)N(C(=O)OC)[C@@H](CCCCN)C(=O)O. The van der Waals surface area contributed by atoms with Crippen molar-refractivity contribution in [3.63, 3.8) is 0 Å². The summed E-state index contributed by atoms with van der Waals surface area (Å²) in [6.07, 6.45) is -0.974. The first-order valence-electron chi connectivity index (χ1n) is 5.37. The van der Waals surface area contributed by atoms with E-state index >= 15 is 0 Å². The third-order valence-electron chi connectivity index (χ3n) is 2.27. The van der Waals surface area contributed by atoms with Gasteiger partial charge in [0.15, 0.2) is 0 Å². The van der Waals surface area contributed by atoms with Gasteiger partial charge in [-0.3, -0.25) is 0 Å². The number of carboxylic acids is 1. The summed E-state index contributed by atoms with van der Waals surface area (Å²) in [4.78, 5) is 34.3. The molecule has 0 aliphatic heterocycles. The molecule has 0 bridgehead atoms. The fraction of sp³-hybridized carbons (Fsp3) is 0.700. The van der Waals surface area contributed by atoms with Crippen molar-refractivity contribution >= 4 is 18.2 Å². The Kier molecular flexibility index (Phi) is 7.45. The molecule has 0 rings (SSSR count). The predicted octanol–water partition coefficient (Wildman–Crippen LogP) is 0.403. The molecule has 3 N–H and O–H groups in total. The molecule has 0 heterocycles. The number of methoxy groups -OCH3 is 2. The van der Waals surface area contributed by atoms with Gasteiger partial charge in [-0.05, 0) is 25.8 Å². The van der Waals surface area contributed by atoms with Crippen LogP contribution < -0.4 is 5.73 Å². The van der Waals surface area contributed by atoms with Crippen molar-refractivity contribution in [2.45, 2.75) is 25.3 Å². The van der Waals surface area contributed by atoms with Gasteiger partial charge in [0.25, 0.3) is 0 Å². The van der Waals surface area contributed by atoms with Crippen molar-refractivity contribution in [1.82, 2.24) is 4.90 Å². The van der Waals surface area contributed by atoms with E-state index in [1.54, 1.807) is 0 Å². The molecule has 104 valence electrons. The van der Waals surface area contributed by atoms with Crippen molar-refractivity contribution in [3.8, 4) is 0 Å². The number of carboxylic acid groups (broad SMARTS) is 1. The minimum atomic E-state index is -1.32. The molecule has 0 saturated heterocycles. The Balaban J connectivity index is 4.91. The van der Waals surface area contributed by atoms with Crippen molar-refractivity contribution in [3.05, 3.63) is 0 Å². The summed E-state index contributed by atoms with van der Waals surface area (Å²) >= 11 is 0. The number of hydrogen-bond acceptors (Lipinski definition) is 6. The molecule has 2 amide bonds. The standard InChI is InChI=1S/C10H18N2O6/c1-17-9(15)12(10(16)18-2)7(8(13)14)5-3-4-6-11/h7H,3-6,11H2,1-2H3,(H,13,14)/t7-/m0/s1. The molecule has 0 aromatic heterocycles. The minimum absolute atomic E-state index is 0.0940. The number of ether oxygens (including phenoxy) is 2. The largest absolute Gasteiger partial charge is 0.480 e. The van der Waals surface area contributed by atoms with Crippen LogP contribution in [0.4, 0.5) is 9.59 Å². The summed E-state index contributed by atoms with van der Waals surface area (Å²) < 4.78 is 8.74. The Hall–Kier alpha value is -1.83. The molecule has 0 saturated carbocycles. The molecule has 0 unspecified atom stereocenters. The van der Waals surface area contributed by atoms with Gasteiger partial charge in [-0.2, -0.15) is 4.90 Å². The predicted molar refractivity (Wildman–Crippen MR) is 61.0 cm³/mol. The molecule has 0 spiro atoms. The molecule has 1 atom stereocenters. The van der Waals surface area contributed by atoms with Crippen LogP contribution in [0, 0.1) is 0 Å². The van der Waals surface area contributed by atoms with E-state index in [4.69, 9.17) is 10.8 Å². The van der Waals surface area contributed by atoms with Gasteiger partial charge in [0.1, 0.15) is 6.04 Å². The van der Waals surface area contributed by atoms with Gasteiger partial charge in [-0.1, -0.05) is 0 Å². The first-order chi connectivity index (χ1) is 8.49. The third kappa shape index (κ3) is 4.58. The van der Waals surface area contributed by atoms with Gasteiger partial charge >= 0.3 is 18.2 Å². The van der Waals surface area contributed by atoms with E-state index in [9.17, 15) is 14.4 Å². The van der Waals surface area contributed by atoms with Gasteiger partial charge in [0.2, 0.25) is 0 Å². The molecule has 0 aromatic rings. The quantitative estimate of drug-likeness (QED) is 0.665. The van der Waals surface area contributed by atoms with Gasteiger partial charge in [0.05, 0.1) is 14.2 Å². The maximum atomic E-state index is 11.4. The highest BCUT2D eigenvalue weighted by atomic mass is 16.6. The van der Waals surface area contributed by atoms with Gasteiger partial charge in [0, 0.05) is 0 Å². The zero-order chi connectivity index (χ0) is 14.1. The molecule has 8 nitrogen and oxygen atoms in total. The number of aliphatic carboxylic acids is 1. The van der Waals surface area contributed by atoms with E-state index in [0.29, 0.717) is 24.3 Å². The van der Waals surface area contributed by atoms with E-state index in [1.165, 1.54) is 0 Å². The highest BCUT2D eigenvalue weighted by Crippen LogP contribution is 2.12. The molecule has 0 aromatic carbocycles.